The Bertz CT molecular complexity index is 399. The van der Waals surface area contributed by atoms with E-state index in [1.165, 1.54) is 12.1 Å². The summed E-state index contributed by atoms with van der Waals surface area (Å²) in [5, 5.41) is 11.1. The van der Waals surface area contributed by atoms with Crippen molar-refractivity contribution in [1.29, 1.82) is 0 Å². The Kier molecular flexibility index (Phi) is 3.48. The van der Waals surface area contributed by atoms with Crippen LogP contribution in [0.15, 0.2) is 18.2 Å². The summed E-state index contributed by atoms with van der Waals surface area (Å²) in [5.74, 6) is 0.641. The highest BCUT2D eigenvalue weighted by Gasteiger charge is 2.39. The van der Waals surface area contributed by atoms with Crippen molar-refractivity contribution in [1.82, 2.24) is 0 Å². The van der Waals surface area contributed by atoms with Gasteiger partial charge in [-0.25, -0.2) is 4.39 Å². The molecule has 0 spiro atoms. The highest BCUT2D eigenvalue weighted by Crippen LogP contribution is 2.38. The minimum absolute atomic E-state index is 0.144. The van der Waals surface area contributed by atoms with Gasteiger partial charge in [0.25, 0.3) is 0 Å². The Hall–Kier alpha value is -0.250. The van der Waals surface area contributed by atoms with Crippen LogP contribution < -0.4 is 0 Å². The van der Waals surface area contributed by atoms with E-state index in [9.17, 15) is 9.50 Å². The molecule has 16 heavy (non-hydrogen) atoms. The van der Waals surface area contributed by atoms with Crippen molar-refractivity contribution in [3.05, 3.63) is 34.6 Å². The van der Waals surface area contributed by atoms with Gasteiger partial charge in [-0.1, -0.05) is 18.5 Å². The lowest BCUT2D eigenvalue weighted by Crippen LogP contribution is -2.37. The van der Waals surface area contributed by atoms with Gasteiger partial charge in [0, 0.05) is 16.7 Å². The van der Waals surface area contributed by atoms with Gasteiger partial charge in [0.1, 0.15) is 5.82 Å². The predicted molar refractivity (Wildman–Crippen MR) is 66.6 cm³/mol. The Balaban J connectivity index is 2.23. The molecule has 1 N–H and O–H groups in total. The monoisotopic (exact) mass is 260 g/mol. The maximum absolute atomic E-state index is 13.5. The number of benzene rings is 1. The Morgan fingerprint density at radius 3 is 3.00 bits per heavy atom. The Morgan fingerprint density at radius 2 is 2.38 bits per heavy atom. The number of thioether (sulfide) groups is 1. The fourth-order valence-electron chi connectivity index (χ4n) is 2.01. The fraction of sp³-hybridized carbons (Fsp3) is 0.500. The van der Waals surface area contributed by atoms with Gasteiger partial charge in [0.05, 0.1) is 5.60 Å². The quantitative estimate of drug-likeness (QED) is 0.881. The molecule has 1 aromatic carbocycles. The van der Waals surface area contributed by atoms with Crippen molar-refractivity contribution in [2.24, 2.45) is 0 Å². The van der Waals surface area contributed by atoms with Crippen LogP contribution in [0.1, 0.15) is 18.9 Å². The van der Waals surface area contributed by atoms with Crippen LogP contribution in [0, 0.1) is 5.82 Å². The van der Waals surface area contributed by atoms with E-state index in [2.05, 4.69) is 0 Å². The molecule has 0 aliphatic carbocycles. The van der Waals surface area contributed by atoms with Gasteiger partial charge >= 0.3 is 0 Å². The minimum atomic E-state index is -0.795. The van der Waals surface area contributed by atoms with Gasteiger partial charge in [-0.3, -0.25) is 0 Å². The SMILES string of the molecule is CC1SCCC1(O)Cc1cc(Cl)ccc1F. The van der Waals surface area contributed by atoms with Crippen LogP contribution in [0.2, 0.25) is 5.02 Å². The summed E-state index contributed by atoms with van der Waals surface area (Å²) in [4.78, 5) is 0. The largest absolute Gasteiger partial charge is 0.388 e. The average molecular weight is 261 g/mol. The number of aliphatic hydroxyl groups is 1. The molecule has 0 aromatic heterocycles. The van der Waals surface area contributed by atoms with Gasteiger partial charge in [-0.2, -0.15) is 11.8 Å². The summed E-state index contributed by atoms with van der Waals surface area (Å²) in [6, 6.07) is 4.48. The first-order valence-corrected chi connectivity index (χ1v) is 6.72. The van der Waals surface area contributed by atoms with E-state index in [-0.39, 0.29) is 11.1 Å². The van der Waals surface area contributed by atoms with Crippen molar-refractivity contribution in [2.45, 2.75) is 30.6 Å². The number of rotatable bonds is 2. The van der Waals surface area contributed by atoms with E-state index in [1.807, 2.05) is 6.92 Å². The van der Waals surface area contributed by atoms with Crippen molar-refractivity contribution in [3.63, 3.8) is 0 Å². The van der Waals surface area contributed by atoms with Gasteiger partial charge in [-0.05, 0) is 35.9 Å². The first-order chi connectivity index (χ1) is 7.51. The van der Waals surface area contributed by atoms with Gasteiger partial charge in [0.15, 0.2) is 0 Å². The summed E-state index contributed by atoms with van der Waals surface area (Å²) < 4.78 is 13.5. The van der Waals surface area contributed by atoms with Crippen LogP contribution >= 0.6 is 23.4 Å². The van der Waals surface area contributed by atoms with E-state index in [4.69, 9.17) is 11.6 Å². The molecule has 2 rings (SSSR count). The van der Waals surface area contributed by atoms with Crippen LogP contribution in [-0.4, -0.2) is 21.7 Å². The van der Waals surface area contributed by atoms with Crippen LogP contribution in [0.25, 0.3) is 0 Å². The molecule has 1 heterocycles. The highest BCUT2D eigenvalue weighted by atomic mass is 35.5. The lowest BCUT2D eigenvalue weighted by Gasteiger charge is -2.27. The third-order valence-electron chi connectivity index (χ3n) is 3.16. The van der Waals surface area contributed by atoms with E-state index in [0.29, 0.717) is 23.4 Å². The molecule has 88 valence electrons. The molecule has 1 saturated heterocycles. The number of halogens is 2. The summed E-state index contributed by atoms with van der Waals surface area (Å²) in [5.41, 5.74) is -0.291. The summed E-state index contributed by atoms with van der Waals surface area (Å²) in [6.45, 7) is 1.99. The van der Waals surface area contributed by atoms with E-state index in [1.54, 1.807) is 17.8 Å². The Morgan fingerprint density at radius 1 is 1.62 bits per heavy atom. The second-order valence-electron chi connectivity index (χ2n) is 4.28. The normalized spacial score (nSPS) is 29.6. The molecule has 1 aliphatic rings. The molecule has 2 unspecified atom stereocenters. The third kappa shape index (κ3) is 2.36. The zero-order valence-corrected chi connectivity index (χ0v) is 10.6. The minimum Gasteiger partial charge on any atom is -0.388 e. The topological polar surface area (TPSA) is 20.2 Å². The Labute approximate surface area is 104 Å². The number of hydrogen-bond acceptors (Lipinski definition) is 2. The zero-order valence-electron chi connectivity index (χ0n) is 9.04. The lowest BCUT2D eigenvalue weighted by atomic mass is 9.89. The summed E-state index contributed by atoms with van der Waals surface area (Å²) in [7, 11) is 0. The molecule has 2 atom stereocenters. The zero-order chi connectivity index (χ0) is 11.8. The first-order valence-electron chi connectivity index (χ1n) is 5.29. The first kappa shape index (κ1) is 12.2. The van der Waals surface area contributed by atoms with Gasteiger partial charge in [0.2, 0.25) is 0 Å². The van der Waals surface area contributed by atoms with Gasteiger partial charge in [-0.15, -0.1) is 0 Å². The average Bonchev–Trinajstić information content (AvgIpc) is 2.53. The van der Waals surface area contributed by atoms with E-state index >= 15 is 0 Å². The van der Waals surface area contributed by atoms with Crippen LogP contribution in [0.4, 0.5) is 4.39 Å². The maximum atomic E-state index is 13.5. The molecule has 1 aromatic rings. The maximum Gasteiger partial charge on any atom is 0.126 e. The molecule has 0 radical (unpaired) electrons. The molecule has 1 aliphatic heterocycles. The van der Waals surface area contributed by atoms with Crippen LogP contribution in [0.3, 0.4) is 0 Å². The van der Waals surface area contributed by atoms with E-state index in [0.717, 1.165) is 5.75 Å². The summed E-state index contributed by atoms with van der Waals surface area (Å²) in [6.07, 6.45) is 1.05. The molecular formula is C12H14ClFOS. The smallest absolute Gasteiger partial charge is 0.126 e. The molecule has 0 amide bonds. The lowest BCUT2D eigenvalue weighted by molar-refractivity contribution is 0.0456. The van der Waals surface area contributed by atoms with Crippen LogP contribution in [-0.2, 0) is 6.42 Å². The van der Waals surface area contributed by atoms with Crippen molar-refractivity contribution in [3.8, 4) is 0 Å². The second kappa shape index (κ2) is 4.55. The van der Waals surface area contributed by atoms with Gasteiger partial charge < -0.3 is 5.11 Å². The van der Waals surface area contributed by atoms with Crippen LogP contribution in [0.5, 0.6) is 0 Å². The molecule has 1 fully saturated rings. The predicted octanol–water partition coefficient (Wildman–Crippen LogP) is 3.28. The fourth-order valence-corrected chi connectivity index (χ4v) is 3.54. The molecular weight excluding hydrogens is 247 g/mol. The standard InChI is InChI=1S/C12H14ClFOS/c1-8-12(15,4-5-16-8)7-9-6-10(13)2-3-11(9)14/h2-3,6,8,15H,4-5,7H2,1H3. The van der Waals surface area contributed by atoms with Crippen molar-refractivity contribution >= 4 is 23.4 Å². The molecule has 4 heteroatoms. The summed E-state index contributed by atoms with van der Waals surface area (Å²) >= 11 is 7.56. The number of hydrogen-bond donors (Lipinski definition) is 1. The van der Waals surface area contributed by atoms with E-state index < -0.39 is 5.60 Å². The van der Waals surface area contributed by atoms with Crippen molar-refractivity contribution < 1.29 is 9.50 Å². The molecule has 1 nitrogen and oxygen atoms in total. The van der Waals surface area contributed by atoms with Crippen molar-refractivity contribution in [2.75, 3.05) is 5.75 Å². The third-order valence-corrected chi connectivity index (χ3v) is 4.78. The second-order valence-corrected chi connectivity index (χ2v) is 6.16. The molecule has 0 saturated carbocycles. The highest BCUT2D eigenvalue weighted by molar-refractivity contribution is 8.00. The molecule has 0 bridgehead atoms.